The summed E-state index contributed by atoms with van der Waals surface area (Å²) in [5.41, 5.74) is 2.99. The highest BCUT2D eigenvalue weighted by atomic mass is 79.9. The van der Waals surface area contributed by atoms with Crippen molar-refractivity contribution in [3.8, 4) is 16.5 Å². The molecule has 3 aromatic rings. The van der Waals surface area contributed by atoms with E-state index in [2.05, 4.69) is 45.1 Å². The molecule has 21 heavy (non-hydrogen) atoms. The molecule has 0 radical (unpaired) electrons. The van der Waals surface area contributed by atoms with Crippen LogP contribution in [0.5, 0.6) is 5.88 Å². The van der Waals surface area contributed by atoms with Gasteiger partial charge < -0.3 is 4.74 Å². The second-order valence-corrected chi connectivity index (χ2v) is 6.59. The first kappa shape index (κ1) is 14.4. The number of aromatic nitrogens is 3. The van der Waals surface area contributed by atoms with Gasteiger partial charge in [-0.05, 0) is 34.0 Å². The van der Waals surface area contributed by atoms with Crippen molar-refractivity contribution in [2.24, 2.45) is 0 Å². The normalized spacial score (nSPS) is 11.3. The lowest BCUT2D eigenvalue weighted by Gasteiger charge is -2.08. The zero-order chi connectivity index (χ0) is 15.0. The van der Waals surface area contributed by atoms with E-state index in [9.17, 15) is 0 Å². The van der Waals surface area contributed by atoms with E-state index in [-0.39, 0.29) is 0 Å². The van der Waals surface area contributed by atoms with Gasteiger partial charge in [0.15, 0.2) is 0 Å². The quantitative estimate of drug-likeness (QED) is 0.679. The van der Waals surface area contributed by atoms with E-state index in [0.29, 0.717) is 11.8 Å². The van der Waals surface area contributed by atoms with E-state index in [4.69, 9.17) is 9.72 Å². The van der Waals surface area contributed by atoms with Crippen LogP contribution in [0.4, 0.5) is 0 Å². The number of halogens is 1. The summed E-state index contributed by atoms with van der Waals surface area (Å²) in [6, 6.07) is 4.00. The Hall–Kier alpha value is -1.53. The molecule has 2 heterocycles. The molecule has 0 aliphatic carbocycles. The number of ether oxygens (including phenoxy) is 1. The number of rotatable bonds is 3. The molecule has 6 heteroatoms. The Balaban J connectivity index is 2.21. The number of hydrogen-bond acceptors (Lipinski definition) is 5. The number of thiazole rings is 1. The zero-order valence-electron chi connectivity index (χ0n) is 11.9. The van der Waals surface area contributed by atoms with Gasteiger partial charge in [-0.2, -0.15) is 0 Å². The van der Waals surface area contributed by atoms with Crippen LogP contribution in [0.15, 0.2) is 28.3 Å². The SMILES string of the molecule is COc1ncnc2ccc(-c3nc(C(C)C)cs3)c(Br)c12. The van der Waals surface area contributed by atoms with Crippen LogP contribution >= 0.6 is 27.3 Å². The van der Waals surface area contributed by atoms with Crippen molar-refractivity contribution in [2.75, 3.05) is 7.11 Å². The fourth-order valence-corrected chi connectivity index (χ4v) is 3.92. The lowest BCUT2D eigenvalue weighted by atomic mass is 10.1. The maximum Gasteiger partial charge on any atom is 0.225 e. The molecular formula is C15H14BrN3OS. The van der Waals surface area contributed by atoms with Crippen molar-refractivity contribution in [2.45, 2.75) is 19.8 Å². The molecular weight excluding hydrogens is 350 g/mol. The molecule has 4 nitrogen and oxygen atoms in total. The van der Waals surface area contributed by atoms with Gasteiger partial charge in [0.25, 0.3) is 0 Å². The van der Waals surface area contributed by atoms with Crippen LogP contribution in [0.1, 0.15) is 25.5 Å². The molecule has 3 rings (SSSR count). The van der Waals surface area contributed by atoms with Gasteiger partial charge in [-0.15, -0.1) is 11.3 Å². The van der Waals surface area contributed by atoms with Crippen molar-refractivity contribution >= 4 is 38.2 Å². The van der Waals surface area contributed by atoms with Crippen LogP contribution in [0, 0.1) is 0 Å². The van der Waals surface area contributed by atoms with Gasteiger partial charge in [0.1, 0.15) is 11.3 Å². The molecule has 0 bridgehead atoms. The largest absolute Gasteiger partial charge is 0.480 e. The lowest BCUT2D eigenvalue weighted by Crippen LogP contribution is -1.93. The van der Waals surface area contributed by atoms with Crippen LogP contribution < -0.4 is 4.74 Å². The minimum Gasteiger partial charge on any atom is -0.480 e. The first-order chi connectivity index (χ1) is 10.1. The van der Waals surface area contributed by atoms with Crippen LogP contribution in [-0.2, 0) is 0 Å². The lowest BCUT2D eigenvalue weighted by molar-refractivity contribution is 0.402. The summed E-state index contributed by atoms with van der Waals surface area (Å²) in [7, 11) is 1.61. The molecule has 0 aliphatic heterocycles. The van der Waals surface area contributed by atoms with Crippen LogP contribution in [0.25, 0.3) is 21.5 Å². The summed E-state index contributed by atoms with van der Waals surface area (Å²) >= 11 is 5.31. The molecule has 0 saturated carbocycles. The second-order valence-electron chi connectivity index (χ2n) is 4.94. The fourth-order valence-electron chi connectivity index (χ4n) is 2.08. The van der Waals surface area contributed by atoms with Gasteiger partial charge in [0.05, 0.1) is 23.7 Å². The summed E-state index contributed by atoms with van der Waals surface area (Å²) in [6.45, 7) is 4.29. The van der Waals surface area contributed by atoms with Crippen LogP contribution in [0.2, 0.25) is 0 Å². The summed E-state index contributed by atoms with van der Waals surface area (Å²) in [5, 5.41) is 3.97. The molecule has 2 aromatic heterocycles. The smallest absolute Gasteiger partial charge is 0.225 e. The standard InChI is InChI=1S/C15H14BrN3OS/c1-8(2)11-6-21-15(19-11)9-4-5-10-12(13(9)16)14(20-3)18-7-17-10/h4-8H,1-3H3. The van der Waals surface area contributed by atoms with Crippen molar-refractivity contribution in [3.05, 3.63) is 34.0 Å². The van der Waals surface area contributed by atoms with Crippen molar-refractivity contribution in [1.29, 1.82) is 0 Å². The molecule has 0 fully saturated rings. The van der Waals surface area contributed by atoms with E-state index >= 15 is 0 Å². The Kier molecular flexibility index (Phi) is 3.91. The monoisotopic (exact) mass is 363 g/mol. The van der Waals surface area contributed by atoms with E-state index in [0.717, 1.165) is 31.6 Å². The molecule has 0 spiro atoms. The van der Waals surface area contributed by atoms with Crippen molar-refractivity contribution in [3.63, 3.8) is 0 Å². The third-order valence-electron chi connectivity index (χ3n) is 3.24. The Bertz CT molecular complexity index is 801. The highest BCUT2D eigenvalue weighted by Crippen LogP contribution is 2.39. The van der Waals surface area contributed by atoms with Crippen molar-refractivity contribution < 1.29 is 4.74 Å². The summed E-state index contributed by atoms with van der Waals surface area (Å²) < 4.78 is 6.26. The molecule has 108 valence electrons. The molecule has 0 N–H and O–H groups in total. The predicted molar refractivity (Wildman–Crippen MR) is 89.0 cm³/mol. The molecule has 0 unspecified atom stereocenters. The van der Waals surface area contributed by atoms with E-state index < -0.39 is 0 Å². The molecule has 0 saturated heterocycles. The van der Waals surface area contributed by atoms with Crippen molar-refractivity contribution in [1.82, 2.24) is 15.0 Å². The maximum atomic E-state index is 5.34. The van der Waals surface area contributed by atoms with Gasteiger partial charge in [-0.25, -0.2) is 15.0 Å². The average Bonchev–Trinajstić information content (AvgIpc) is 2.97. The summed E-state index contributed by atoms with van der Waals surface area (Å²) in [5.74, 6) is 0.987. The molecule has 1 aromatic carbocycles. The predicted octanol–water partition coefficient (Wildman–Crippen LogP) is 4.65. The fraction of sp³-hybridized carbons (Fsp3) is 0.267. The number of fused-ring (bicyclic) bond motifs is 1. The Morgan fingerprint density at radius 3 is 2.71 bits per heavy atom. The first-order valence-electron chi connectivity index (χ1n) is 6.54. The van der Waals surface area contributed by atoms with E-state index in [1.165, 1.54) is 6.33 Å². The molecule has 0 amide bonds. The Labute approximate surface area is 135 Å². The first-order valence-corrected chi connectivity index (χ1v) is 8.22. The van der Waals surface area contributed by atoms with E-state index in [1.807, 2.05) is 12.1 Å². The minimum absolute atomic E-state index is 0.423. The highest BCUT2D eigenvalue weighted by Gasteiger charge is 2.16. The number of nitrogens with zero attached hydrogens (tertiary/aromatic N) is 3. The van der Waals surface area contributed by atoms with Gasteiger partial charge >= 0.3 is 0 Å². The van der Waals surface area contributed by atoms with Crippen LogP contribution in [0.3, 0.4) is 0 Å². The number of methoxy groups -OCH3 is 1. The molecule has 0 aliphatic rings. The maximum absolute atomic E-state index is 5.34. The zero-order valence-corrected chi connectivity index (χ0v) is 14.3. The Morgan fingerprint density at radius 1 is 1.24 bits per heavy atom. The van der Waals surface area contributed by atoms with Crippen LogP contribution in [-0.4, -0.2) is 22.1 Å². The van der Waals surface area contributed by atoms with Gasteiger partial charge in [-0.1, -0.05) is 13.8 Å². The summed E-state index contributed by atoms with van der Waals surface area (Å²) in [4.78, 5) is 13.2. The van der Waals surface area contributed by atoms with Gasteiger partial charge in [-0.3, -0.25) is 0 Å². The highest BCUT2D eigenvalue weighted by molar-refractivity contribution is 9.10. The van der Waals surface area contributed by atoms with Gasteiger partial charge in [0, 0.05) is 15.4 Å². The number of hydrogen-bond donors (Lipinski definition) is 0. The third-order valence-corrected chi connectivity index (χ3v) is 4.96. The average molecular weight is 364 g/mol. The topological polar surface area (TPSA) is 47.9 Å². The molecule has 0 atom stereocenters. The second kappa shape index (κ2) is 5.69. The summed E-state index contributed by atoms with van der Waals surface area (Å²) in [6.07, 6.45) is 1.51. The third kappa shape index (κ3) is 2.53. The Morgan fingerprint density at radius 2 is 2.05 bits per heavy atom. The minimum atomic E-state index is 0.423. The van der Waals surface area contributed by atoms with Gasteiger partial charge in [0.2, 0.25) is 5.88 Å². The van der Waals surface area contributed by atoms with E-state index in [1.54, 1.807) is 18.4 Å². The number of benzene rings is 1.